The number of halogens is 1. The van der Waals surface area contributed by atoms with Gasteiger partial charge in [0.25, 0.3) is 5.69 Å². The molecule has 0 amide bonds. The van der Waals surface area contributed by atoms with E-state index in [1.54, 1.807) is 12.1 Å². The smallest absolute Gasteiger partial charge is 0.269 e. The van der Waals surface area contributed by atoms with Crippen LogP contribution in [0.1, 0.15) is 37.7 Å². The van der Waals surface area contributed by atoms with E-state index in [-0.39, 0.29) is 10.6 Å². The van der Waals surface area contributed by atoms with Gasteiger partial charge in [0.15, 0.2) is 0 Å². The number of nitro groups is 1. The van der Waals surface area contributed by atoms with Crippen LogP contribution < -0.4 is 0 Å². The summed E-state index contributed by atoms with van der Waals surface area (Å²) in [5.41, 5.74) is 1.01. The summed E-state index contributed by atoms with van der Waals surface area (Å²) in [6.07, 6.45) is 6.48. The largest absolute Gasteiger partial charge is 0.296 e. The first kappa shape index (κ1) is 13.8. The Bertz CT molecular complexity index is 521. The number of likely N-dealkylation sites (tertiary alicyclic amines) is 1. The van der Waals surface area contributed by atoms with Crippen LogP contribution >= 0.6 is 11.6 Å². The minimum absolute atomic E-state index is 0.129. The summed E-state index contributed by atoms with van der Waals surface area (Å²) >= 11 is 6.21. The molecular weight excluding hydrogens is 276 g/mol. The van der Waals surface area contributed by atoms with Crippen molar-refractivity contribution in [3.63, 3.8) is 0 Å². The quantitative estimate of drug-likeness (QED) is 0.625. The van der Waals surface area contributed by atoms with E-state index in [4.69, 9.17) is 11.6 Å². The Kier molecular flexibility index (Phi) is 3.94. The van der Waals surface area contributed by atoms with Crippen LogP contribution in [0.4, 0.5) is 5.69 Å². The molecule has 2 atom stereocenters. The van der Waals surface area contributed by atoms with Crippen molar-refractivity contribution in [1.29, 1.82) is 0 Å². The molecule has 1 aromatic carbocycles. The lowest BCUT2D eigenvalue weighted by Gasteiger charge is -2.37. The molecule has 1 aliphatic carbocycles. The Morgan fingerprint density at radius 2 is 2.10 bits per heavy atom. The molecule has 0 spiro atoms. The summed E-state index contributed by atoms with van der Waals surface area (Å²) < 4.78 is 0. The normalized spacial score (nSPS) is 26.4. The first-order valence-corrected chi connectivity index (χ1v) is 7.70. The second-order valence-corrected chi connectivity index (χ2v) is 6.31. The first-order valence-electron chi connectivity index (χ1n) is 7.32. The molecule has 1 saturated heterocycles. The molecule has 1 aliphatic heterocycles. The molecule has 2 aliphatic rings. The second-order valence-electron chi connectivity index (χ2n) is 5.90. The third kappa shape index (κ3) is 2.67. The van der Waals surface area contributed by atoms with Gasteiger partial charge in [0.05, 0.1) is 4.92 Å². The van der Waals surface area contributed by atoms with Gasteiger partial charge in [0, 0.05) is 29.7 Å². The van der Waals surface area contributed by atoms with E-state index < -0.39 is 0 Å². The minimum Gasteiger partial charge on any atom is -0.296 e. The molecule has 1 saturated carbocycles. The van der Waals surface area contributed by atoms with Gasteiger partial charge in [-0.3, -0.25) is 15.0 Å². The molecule has 2 unspecified atom stereocenters. The fourth-order valence-electron chi connectivity index (χ4n) is 3.77. The summed E-state index contributed by atoms with van der Waals surface area (Å²) in [7, 11) is 0. The van der Waals surface area contributed by atoms with Crippen molar-refractivity contribution < 1.29 is 4.92 Å². The summed E-state index contributed by atoms with van der Waals surface area (Å²) in [6.45, 7) is 1.82. The van der Waals surface area contributed by atoms with Crippen molar-refractivity contribution in [3.8, 4) is 0 Å². The molecular formula is C15H19ClN2O2. The van der Waals surface area contributed by atoms with Gasteiger partial charge >= 0.3 is 0 Å². The number of benzene rings is 1. The summed E-state index contributed by atoms with van der Waals surface area (Å²) in [5, 5.41) is 11.5. The highest BCUT2D eigenvalue weighted by atomic mass is 35.5. The van der Waals surface area contributed by atoms with Crippen LogP contribution in [0.15, 0.2) is 18.2 Å². The molecule has 5 heteroatoms. The van der Waals surface area contributed by atoms with Crippen LogP contribution in [0, 0.1) is 16.0 Å². The van der Waals surface area contributed by atoms with Crippen LogP contribution in [0.2, 0.25) is 5.02 Å². The zero-order chi connectivity index (χ0) is 14.1. The van der Waals surface area contributed by atoms with Crippen LogP contribution in [0.3, 0.4) is 0 Å². The van der Waals surface area contributed by atoms with E-state index in [1.165, 1.54) is 38.2 Å². The molecule has 1 aromatic rings. The molecule has 108 valence electrons. The van der Waals surface area contributed by atoms with Crippen molar-refractivity contribution >= 4 is 17.3 Å². The fraction of sp³-hybridized carbons (Fsp3) is 0.600. The van der Waals surface area contributed by atoms with E-state index in [0.29, 0.717) is 11.1 Å². The van der Waals surface area contributed by atoms with Gasteiger partial charge in [0.2, 0.25) is 0 Å². The maximum Gasteiger partial charge on any atom is 0.269 e. The predicted octanol–water partition coefficient (Wildman–Crippen LogP) is 4.01. The first-order chi connectivity index (χ1) is 9.65. The van der Waals surface area contributed by atoms with Gasteiger partial charge in [-0.1, -0.05) is 18.0 Å². The summed E-state index contributed by atoms with van der Waals surface area (Å²) in [4.78, 5) is 13.0. The zero-order valence-corrected chi connectivity index (χ0v) is 12.2. The van der Waals surface area contributed by atoms with Crippen LogP contribution in [-0.4, -0.2) is 22.4 Å². The Labute approximate surface area is 123 Å². The SMILES string of the molecule is O=[N+]([O-])c1ccc(Cl)c(CN2CCCC3CCCC32)c1. The topological polar surface area (TPSA) is 46.4 Å². The maximum absolute atomic E-state index is 10.9. The third-order valence-corrected chi connectivity index (χ3v) is 5.09. The predicted molar refractivity (Wildman–Crippen MR) is 78.9 cm³/mol. The van der Waals surface area contributed by atoms with Gasteiger partial charge in [-0.15, -0.1) is 0 Å². The van der Waals surface area contributed by atoms with Crippen LogP contribution in [0.5, 0.6) is 0 Å². The number of hydrogen-bond donors (Lipinski definition) is 0. The van der Waals surface area contributed by atoms with E-state index in [2.05, 4.69) is 4.90 Å². The van der Waals surface area contributed by atoms with Crippen molar-refractivity contribution in [2.24, 2.45) is 5.92 Å². The Morgan fingerprint density at radius 1 is 1.30 bits per heavy atom. The number of non-ortho nitro benzene ring substituents is 1. The highest BCUT2D eigenvalue weighted by Gasteiger charge is 2.35. The lowest BCUT2D eigenvalue weighted by Crippen LogP contribution is -2.41. The molecule has 20 heavy (non-hydrogen) atoms. The Morgan fingerprint density at radius 3 is 2.90 bits per heavy atom. The highest BCUT2D eigenvalue weighted by Crippen LogP contribution is 2.38. The van der Waals surface area contributed by atoms with Gasteiger partial charge in [0.1, 0.15) is 0 Å². The van der Waals surface area contributed by atoms with E-state index in [9.17, 15) is 10.1 Å². The van der Waals surface area contributed by atoms with Crippen molar-refractivity contribution in [1.82, 2.24) is 4.90 Å². The zero-order valence-electron chi connectivity index (χ0n) is 11.4. The minimum atomic E-state index is -0.353. The van der Waals surface area contributed by atoms with E-state index in [0.717, 1.165) is 24.6 Å². The molecule has 0 bridgehead atoms. The third-order valence-electron chi connectivity index (χ3n) is 4.72. The second kappa shape index (κ2) is 5.70. The molecule has 0 N–H and O–H groups in total. The van der Waals surface area contributed by atoms with Gasteiger partial charge in [-0.05, 0) is 49.8 Å². The van der Waals surface area contributed by atoms with Gasteiger partial charge < -0.3 is 0 Å². The number of hydrogen-bond acceptors (Lipinski definition) is 3. The van der Waals surface area contributed by atoms with E-state index >= 15 is 0 Å². The monoisotopic (exact) mass is 294 g/mol. The van der Waals surface area contributed by atoms with Crippen LogP contribution in [-0.2, 0) is 6.54 Å². The molecule has 2 fully saturated rings. The van der Waals surface area contributed by atoms with Crippen LogP contribution in [0.25, 0.3) is 0 Å². The van der Waals surface area contributed by atoms with E-state index in [1.807, 2.05) is 0 Å². The average molecular weight is 295 g/mol. The molecule has 4 nitrogen and oxygen atoms in total. The lowest BCUT2D eigenvalue weighted by atomic mass is 9.91. The van der Waals surface area contributed by atoms with Gasteiger partial charge in [-0.2, -0.15) is 0 Å². The Balaban J connectivity index is 1.79. The number of fused-ring (bicyclic) bond motifs is 1. The molecule has 0 aromatic heterocycles. The van der Waals surface area contributed by atoms with Crippen molar-refractivity contribution in [3.05, 3.63) is 38.9 Å². The average Bonchev–Trinajstić information content (AvgIpc) is 2.90. The maximum atomic E-state index is 10.9. The number of nitro benzene ring substituents is 1. The summed E-state index contributed by atoms with van der Waals surface area (Å²) in [5.74, 6) is 0.821. The number of rotatable bonds is 3. The van der Waals surface area contributed by atoms with Gasteiger partial charge in [-0.25, -0.2) is 0 Å². The van der Waals surface area contributed by atoms with Crippen molar-refractivity contribution in [2.75, 3.05) is 6.54 Å². The number of nitrogens with zero attached hydrogens (tertiary/aromatic N) is 2. The summed E-state index contributed by atoms with van der Waals surface area (Å²) in [6, 6.07) is 5.39. The highest BCUT2D eigenvalue weighted by molar-refractivity contribution is 6.31. The fourth-order valence-corrected chi connectivity index (χ4v) is 3.95. The molecule has 0 radical (unpaired) electrons. The Hall–Kier alpha value is -1.13. The molecule has 1 heterocycles. The molecule has 3 rings (SSSR count). The standard InChI is InChI=1S/C15H19ClN2O2/c16-14-7-6-13(18(19)20)9-12(14)10-17-8-2-4-11-3-1-5-15(11)17/h6-7,9,11,15H,1-5,8,10H2. The van der Waals surface area contributed by atoms with Crippen molar-refractivity contribution in [2.45, 2.75) is 44.7 Å². The lowest BCUT2D eigenvalue weighted by molar-refractivity contribution is -0.384. The number of piperidine rings is 1.